The summed E-state index contributed by atoms with van der Waals surface area (Å²) < 4.78 is 0. The predicted molar refractivity (Wildman–Crippen MR) is 177 cm³/mol. The van der Waals surface area contributed by atoms with Crippen LogP contribution >= 0.6 is 0 Å². The molecule has 7 nitrogen and oxygen atoms in total. The number of hydrogen-bond donors (Lipinski definition) is 1. The zero-order valence-electron chi connectivity index (χ0n) is 29.7. The molecule has 0 saturated heterocycles. The molecule has 1 heterocycles. The van der Waals surface area contributed by atoms with Crippen LogP contribution in [0.1, 0.15) is 122 Å². The van der Waals surface area contributed by atoms with Crippen LogP contribution in [-0.2, 0) is 73.3 Å². The minimum atomic E-state index is -0.290. The Bertz CT molecular complexity index is 1500. The first-order chi connectivity index (χ1) is 19.6. The summed E-state index contributed by atoms with van der Waals surface area (Å²) in [5.74, 6) is 0.972. The number of fused-ring (bicyclic) bond motifs is 1. The summed E-state index contributed by atoms with van der Waals surface area (Å²) in [6, 6.07) is 16.3. The van der Waals surface area contributed by atoms with E-state index >= 15 is 0 Å². The van der Waals surface area contributed by atoms with Gasteiger partial charge in [0.2, 0.25) is 0 Å². The summed E-state index contributed by atoms with van der Waals surface area (Å²) in [6.07, 6.45) is 0. The Kier molecular flexibility index (Phi) is 13.1. The van der Waals surface area contributed by atoms with Gasteiger partial charge in [0.1, 0.15) is 5.82 Å². The monoisotopic (exact) mass is 711 g/mol. The molecule has 0 aliphatic carbocycles. The van der Waals surface area contributed by atoms with E-state index in [1.807, 2.05) is 24.3 Å². The Morgan fingerprint density at radius 1 is 0.609 bits per heavy atom. The Morgan fingerprint density at radius 3 is 1.39 bits per heavy atom. The topological polar surface area (TPSA) is 135 Å². The van der Waals surface area contributed by atoms with Crippen LogP contribution in [0.15, 0.2) is 48.5 Å². The summed E-state index contributed by atoms with van der Waals surface area (Å²) in [5, 5.41) is 28.0. The van der Waals surface area contributed by atoms with E-state index in [0.29, 0.717) is 19.6 Å². The van der Waals surface area contributed by atoms with Gasteiger partial charge in [-0.15, -0.1) is 11.5 Å². The minimum absolute atomic E-state index is 0. The molecule has 3 aromatic carbocycles. The second-order valence-electron chi connectivity index (χ2n) is 16.4. The zero-order valence-corrected chi connectivity index (χ0v) is 31.7. The molecule has 0 radical (unpaired) electrons. The third-order valence-electron chi connectivity index (χ3n) is 8.28. The number of H-pyrrole nitrogens is 1. The molecule has 0 fully saturated rings. The molecule has 0 spiro atoms. The molecule has 254 valence electrons. The van der Waals surface area contributed by atoms with Crippen LogP contribution in [0.5, 0.6) is 11.5 Å². The molecule has 46 heavy (non-hydrogen) atoms. The van der Waals surface area contributed by atoms with Crippen molar-refractivity contribution in [3.8, 4) is 11.5 Å². The Hall–Kier alpha value is -2.70. The van der Waals surface area contributed by atoms with Gasteiger partial charge in [-0.05, 0) is 67.2 Å². The van der Waals surface area contributed by atoms with Crippen LogP contribution in [0.25, 0.3) is 11.0 Å². The third kappa shape index (κ3) is 9.44. The van der Waals surface area contributed by atoms with Gasteiger partial charge in [-0.3, -0.25) is 4.90 Å². The quantitative estimate of drug-likeness (QED) is 0.204. The average molecular weight is 710 g/mol. The van der Waals surface area contributed by atoms with E-state index in [1.54, 1.807) is 0 Å². The molecule has 0 aliphatic heterocycles. The number of para-hydroxylation sites is 2. The molecule has 0 amide bonds. The van der Waals surface area contributed by atoms with E-state index in [0.717, 1.165) is 50.2 Å². The Labute approximate surface area is 290 Å². The van der Waals surface area contributed by atoms with Gasteiger partial charge in [0, 0.05) is 34.2 Å². The zero-order chi connectivity index (χ0) is 32.1. The van der Waals surface area contributed by atoms with E-state index in [2.05, 4.69) is 117 Å². The largest absolute Gasteiger partial charge is 2.00 e. The van der Waals surface area contributed by atoms with Crippen LogP contribution in [0.2, 0.25) is 0 Å². The normalized spacial score (nSPS) is 12.5. The number of imidazole rings is 1. The van der Waals surface area contributed by atoms with Crippen molar-refractivity contribution >= 4 is 11.0 Å². The standard InChI is InChI=1S/C38H53N3O2.Mo.2O/c1-35(2,3)26-17-24(33(42)28(19-26)37(7,8)9)21-41(23-32-39-30-15-13-14-16-31(30)40-32)22-25-18-27(36(4,5)6)20-29(34(25)43)38(10,11)12;;;/h13-20,42-43H,21-23H2,1-12H3,(H,39,40);;;/q;;2*-2/p-2. The minimum Gasteiger partial charge on any atom is -2.00 e. The van der Waals surface area contributed by atoms with E-state index in [-0.39, 0.29) is 65.2 Å². The number of nitrogens with one attached hydrogen (secondary N) is 1. The molecule has 8 heteroatoms. The third-order valence-corrected chi connectivity index (χ3v) is 8.28. The van der Waals surface area contributed by atoms with Gasteiger partial charge < -0.3 is 26.1 Å². The molecular weight excluding hydrogens is 658 g/mol. The van der Waals surface area contributed by atoms with Gasteiger partial charge in [-0.1, -0.05) is 119 Å². The van der Waals surface area contributed by atoms with Gasteiger partial charge in [0.05, 0.1) is 17.6 Å². The van der Waals surface area contributed by atoms with Gasteiger partial charge in [-0.2, -0.15) is 0 Å². The molecule has 0 atom stereocenters. The SMILES string of the molecule is CC(C)(C)c1cc(CN(Cc2nc3ccccc3[nH]2)Cc2cc(C(C)(C)C)cc(C(C)(C)C)c2[O-])c([O-])c(C(C)(C)C)c1.[Mo].[O-2].[O-2]. The summed E-state index contributed by atoms with van der Waals surface area (Å²) in [4.78, 5) is 10.5. The van der Waals surface area contributed by atoms with Crippen LogP contribution < -0.4 is 10.2 Å². The summed E-state index contributed by atoms with van der Waals surface area (Å²) in [6.45, 7) is 27.0. The summed E-state index contributed by atoms with van der Waals surface area (Å²) >= 11 is 0. The van der Waals surface area contributed by atoms with Crippen molar-refractivity contribution in [3.63, 3.8) is 0 Å². The van der Waals surface area contributed by atoms with Crippen molar-refractivity contribution < 1.29 is 42.2 Å². The summed E-state index contributed by atoms with van der Waals surface area (Å²) in [7, 11) is 0. The van der Waals surface area contributed by atoms with Gasteiger partial charge >= 0.3 is 0 Å². The molecule has 0 unspecified atom stereocenters. The van der Waals surface area contributed by atoms with Crippen molar-refractivity contribution in [1.29, 1.82) is 0 Å². The fraction of sp³-hybridized carbons (Fsp3) is 0.500. The van der Waals surface area contributed by atoms with Gasteiger partial charge in [0.25, 0.3) is 0 Å². The van der Waals surface area contributed by atoms with E-state index < -0.39 is 0 Å². The van der Waals surface area contributed by atoms with Gasteiger partial charge in [0.15, 0.2) is 0 Å². The summed E-state index contributed by atoms with van der Waals surface area (Å²) in [5.41, 5.74) is 6.52. The van der Waals surface area contributed by atoms with Crippen molar-refractivity contribution in [3.05, 3.63) is 87.7 Å². The maximum Gasteiger partial charge on any atom is 0.121 e. The van der Waals surface area contributed by atoms with Crippen molar-refractivity contribution in [2.24, 2.45) is 0 Å². The van der Waals surface area contributed by atoms with Crippen molar-refractivity contribution in [1.82, 2.24) is 14.9 Å². The van der Waals surface area contributed by atoms with Crippen LogP contribution in [0.4, 0.5) is 0 Å². The number of aromatic nitrogens is 2. The number of benzene rings is 3. The maximum atomic E-state index is 14.0. The fourth-order valence-corrected chi connectivity index (χ4v) is 5.53. The van der Waals surface area contributed by atoms with Crippen LogP contribution in [0.3, 0.4) is 0 Å². The second-order valence-corrected chi connectivity index (χ2v) is 16.4. The molecular formula is C38H51MoN3O4-6. The Balaban J connectivity index is 0.00000353. The number of hydrogen-bond acceptors (Lipinski definition) is 4. The van der Waals surface area contributed by atoms with Crippen molar-refractivity contribution in [2.45, 2.75) is 124 Å². The molecule has 1 N–H and O–H groups in total. The fourth-order valence-electron chi connectivity index (χ4n) is 5.53. The van der Waals surface area contributed by atoms with Gasteiger partial charge in [-0.25, -0.2) is 4.98 Å². The molecule has 0 bridgehead atoms. The van der Waals surface area contributed by atoms with Crippen LogP contribution in [-0.4, -0.2) is 14.9 Å². The first-order valence-corrected chi connectivity index (χ1v) is 15.5. The molecule has 0 saturated carbocycles. The van der Waals surface area contributed by atoms with E-state index in [4.69, 9.17) is 4.98 Å². The molecule has 4 rings (SSSR count). The molecule has 4 aromatic rings. The smallest absolute Gasteiger partial charge is 0.121 e. The van der Waals surface area contributed by atoms with E-state index in [1.165, 1.54) is 0 Å². The number of nitrogens with zero attached hydrogens (tertiary/aromatic N) is 2. The molecule has 0 aliphatic rings. The van der Waals surface area contributed by atoms with Crippen molar-refractivity contribution in [2.75, 3.05) is 0 Å². The maximum absolute atomic E-state index is 14.0. The first-order valence-electron chi connectivity index (χ1n) is 15.5. The first kappa shape index (κ1) is 41.3. The number of aromatic amines is 1. The predicted octanol–water partition coefficient (Wildman–Crippen LogP) is 7.86. The Morgan fingerprint density at radius 2 is 1.02 bits per heavy atom. The van der Waals surface area contributed by atoms with E-state index in [9.17, 15) is 10.2 Å². The van der Waals surface area contributed by atoms with Crippen LogP contribution in [0, 0.1) is 0 Å². The average Bonchev–Trinajstić information content (AvgIpc) is 3.25. The molecule has 1 aromatic heterocycles. The number of rotatable bonds is 6. The second kappa shape index (κ2) is 14.6.